The van der Waals surface area contributed by atoms with E-state index in [-0.39, 0.29) is 5.91 Å². The van der Waals surface area contributed by atoms with Crippen LogP contribution in [-0.4, -0.2) is 12.5 Å². The Morgan fingerprint density at radius 1 is 1.38 bits per heavy atom. The fourth-order valence-electron chi connectivity index (χ4n) is 2.06. The molecule has 0 saturated carbocycles. The number of aryl methyl sites for hydroxylation is 2. The van der Waals surface area contributed by atoms with Crippen LogP contribution in [0.4, 0.5) is 5.69 Å². The molecule has 0 unspecified atom stereocenters. The second-order valence-corrected chi connectivity index (χ2v) is 6.13. The Labute approximate surface area is 128 Å². The van der Waals surface area contributed by atoms with Crippen molar-refractivity contribution in [2.45, 2.75) is 27.3 Å². The lowest BCUT2D eigenvalue weighted by Crippen LogP contribution is -2.24. The van der Waals surface area contributed by atoms with Crippen LogP contribution >= 0.6 is 11.3 Å². The maximum atomic E-state index is 12.4. The molecule has 112 valence electrons. The second-order valence-electron chi connectivity index (χ2n) is 4.79. The Bertz CT molecular complexity index is 630. The number of carbonyl (C=O) groups excluding carboxylic acids is 1. The topological polar surface area (TPSA) is 64.3 Å². The zero-order valence-electron chi connectivity index (χ0n) is 12.5. The number of thiophene rings is 1. The Morgan fingerprint density at radius 3 is 2.76 bits per heavy atom. The lowest BCUT2D eigenvalue weighted by Gasteiger charge is -2.12. The quantitative estimate of drug-likeness (QED) is 0.833. The molecular formula is C16H20N2O2S. The highest BCUT2D eigenvalue weighted by Gasteiger charge is 2.16. The summed E-state index contributed by atoms with van der Waals surface area (Å²) >= 11 is 1.69. The average molecular weight is 304 g/mol. The van der Waals surface area contributed by atoms with Crippen LogP contribution in [0.5, 0.6) is 5.75 Å². The third-order valence-electron chi connectivity index (χ3n) is 3.23. The molecule has 0 saturated heterocycles. The van der Waals surface area contributed by atoms with Crippen LogP contribution < -0.4 is 15.8 Å². The fraction of sp³-hybridized carbons (Fsp3) is 0.312. The number of nitrogens with one attached hydrogen (secondary N) is 1. The molecule has 3 N–H and O–H groups in total. The van der Waals surface area contributed by atoms with Crippen LogP contribution in [0, 0.1) is 13.8 Å². The van der Waals surface area contributed by atoms with E-state index in [2.05, 4.69) is 25.2 Å². The Morgan fingerprint density at radius 2 is 2.14 bits per heavy atom. The zero-order chi connectivity index (χ0) is 15.4. The fourth-order valence-corrected chi connectivity index (χ4v) is 3.05. The van der Waals surface area contributed by atoms with Crippen molar-refractivity contribution in [3.05, 3.63) is 45.1 Å². The highest BCUT2D eigenvalue weighted by atomic mass is 32.1. The first-order valence-corrected chi connectivity index (χ1v) is 7.70. The van der Waals surface area contributed by atoms with Crippen LogP contribution in [0.15, 0.2) is 24.3 Å². The molecule has 0 atom stereocenters. The molecule has 5 heteroatoms. The van der Waals surface area contributed by atoms with Crippen molar-refractivity contribution in [1.82, 2.24) is 5.32 Å². The van der Waals surface area contributed by atoms with Gasteiger partial charge in [-0.15, -0.1) is 11.3 Å². The predicted molar refractivity (Wildman–Crippen MR) is 87.0 cm³/mol. The Hall–Kier alpha value is -2.01. The molecule has 1 aromatic heterocycles. The van der Waals surface area contributed by atoms with Crippen LogP contribution in [0.3, 0.4) is 0 Å². The molecule has 0 spiro atoms. The summed E-state index contributed by atoms with van der Waals surface area (Å²) in [6, 6.07) is 7.34. The van der Waals surface area contributed by atoms with Crippen molar-refractivity contribution in [2.75, 3.05) is 12.3 Å². The van der Waals surface area contributed by atoms with Gasteiger partial charge in [0.2, 0.25) is 0 Å². The normalized spacial score (nSPS) is 10.4. The number of ether oxygens (including phenoxy) is 1. The molecule has 0 radical (unpaired) electrons. The number of nitrogen functional groups attached to an aromatic ring is 1. The van der Waals surface area contributed by atoms with Gasteiger partial charge in [-0.05, 0) is 44.5 Å². The minimum Gasteiger partial charge on any atom is -0.493 e. The van der Waals surface area contributed by atoms with Crippen molar-refractivity contribution in [3.63, 3.8) is 0 Å². The zero-order valence-corrected chi connectivity index (χ0v) is 13.3. The first-order valence-electron chi connectivity index (χ1n) is 6.88. The summed E-state index contributed by atoms with van der Waals surface area (Å²) in [6.07, 6.45) is 0. The first kappa shape index (κ1) is 15.4. The second kappa shape index (κ2) is 6.63. The lowest BCUT2D eigenvalue weighted by molar-refractivity contribution is 0.0948. The standard InChI is InChI=1S/C16H20N2O2S/c1-4-20-14-7-5-6-13(17)15(14)16(19)18-9-12-8-10(2)11(3)21-12/h5-8H,4,9,17H2,1-3H3,(H,18,19). The van der Waals surface area contributed by atoms with Crippen molar-refractivity contribution in [1.29, 1.82) is 0 Å². The smallest absolute Gasteiger partial charge is 0.257 e. The van der Waals surface area contributed by atoms with Crippen LogP contribution in [0.25, 0.3) is 0 Å². The Balaban J connectivity index is 2.13. The number of benzene rings is 1. The van der Waals surface area contributed by atoms with E-state index in [0.29, 0.717) is 30.2 Å². The van der Waals surface area contributed by atoms with Crippen molar-refractivity contribution < 1.29 is 9.53 Å². The molecule has 0 bridgehead atoms. The molecule has 0 aliphatic heterocycles. The number of carbonyl (C=O) groups is 1. The molecule has 1 amide bonds. The van der Waals surface area contributed by atoms with E-state index in [0.717, 1.165) is 4.88 Å². The summed E-state index contributed by atoms with van der Waals surface area (Å²) in [5.74, 6) is 0.314. The van der Waals surface area contributed by atoms with Crippen LogP contribution in [0.1, 0.15) is 32.6 Å². The van der Waals surface area contributed by atoms with Crippen molar-refractivity contribution in [3.8, 4) is 5.75 Å². The van der Waals surface area contributed by atoms with Gasteiger partial charge in [0.1, 0.15) is 11.3 Å². The molecule has 1 heterocycles. The monoisotopic (exact) mass is 304 g/mol. The van der Waals surface area contributed by atoms with E-state index in [9.17, 15) is 4.79 Å². The average Bonchev–Trinajstić information content (AvgIpc) is 2.76. The molecule has 21 heavy (non-hydrogen) atoms. The number of rotatable bonds is 5. The van der Waals surface area contributed by atoms with E-state index in [1.54, 1.807) is 29.5 Å². The summed E-state index contributed by atoms with van der Waals surface area (Å²) in [4.78, 5) is 14.8. The highest BCUT2D eigenvalue weighted by molar-refractivity contribution is 7.12. The molecule has 2 aromatic rings. The number of amides is 1. The summed E-state index contributed by atoms with van der Waals surface area (Å²) < 4.78 is 5.48. The molecular weight excluding hydrogens is 284 g/mol. The molecule has 0 aliphatic carbocycles. The van der Waals surface area contributed by atoms with Gasteiger partial charge in [0.05, 0.1) is 13.2 Å². The maximum Gasteiger partial charge on any atom is 0.257 e. The van der Waals surface area contributed by atoms with Gasteiger partial charge in [-0.25, -0.2) is 0 Å². The summed E-state index contributed by atoms with van der Waals surface area (Å²) in [7, 11) is 0. The summed E-state index contributed by atoms with van der Waals surface area (Å²) in [6.45, 7) is 7.01. The van der Waals surface area contributed by atoms with Gasteiger partial charge < -0.3 is 15.8 Å². The SMILES string of the molecule is CCOc1cccc(N)c1C(=O)NCc1cc(C)c(C)s1. The number of hydrogen-bond acceptors (Lipinski definition) is 4. The molecule has 4 nitrogen and oxygen atoms in total. The van der Waals surface area contributed by atoms with Gasteiger partial charge >= 0.3 is 0 Å². The van der Waals surface area contributed by atoms with Crippen molar-refractivity contribution >= 4 is 22.9 Å². The van der Waals surface area contributed by atoms with Gasteiger partial charge in [-0.3, -0.25) is 4.79 Å². The highest BCUT2D eigenvalue weighted by Crippen LogP contribution is 2.25. The minimum absolute atomic E-state index is 0.208. The van der Waals surface area contributed by atoms with Gasteiger partial charge in [-0.1, -0.05) is 6.07 Å². The summed E-state index contributed by atoms with van der Waals surface area (Å²) in [5.41, 5.74) is 7.99. The third kappa shape index (κ3) is 3.55. The number of anilines is 1. The number of hydrogen-bond donors (Lipinski definition) is 2. The lowest BCUT2D eigenvalue weighted by atomic mass is 10.1. The molecule has 1 aromatic carbocycles. The van der Waals surface area contributed by atoms with E-state index in [4.69, 9.17) is 10.5 Å². The summed E-state index contributed by atoms with van der Waals surface area (Å²) in [5, 5.41) is 2.91. The largest absolute Gasteiger partial charge is 0.493 e. The predicted octanol–water partition coefficient (Wildman–Crippen LogP) is 3.28. The molecule has 2 rings (SSSR count). The van der Waals surface area contributed by atoms with Crippen LogP contribution in [-0.2, 0) is 6.54 Å². The van der Waals surface area contributed by atoms with Gasteiger partial charge in [0.25, 0.3) is 5.91 Å². The van der Waals surface area contributed by atoms with E-state index in [1.807, 2.05) is 6.92 Å². The van der Waals surface area contributed by atoms with Gasteiger partial charge in [0.15, 0.2) is 0 Å². The van der Waals surface area contributed by atoms with Gasteiger partial charge in [0, 0.05) is 15.4 Å². The van der Waals surface area contributed by atoms with E-state index < -0.39 is 0 Å². The first-order chi connectivity index (χ1) is 10.0. The molecule has 0 aliphatic rings. The maximum absolute atomic E-state index is 12.4. The van der Waals surface area contributed by atoms with Gasteiger partial charge in [-0.2, -0.15) is 0 Å². The van der Waals surface area contributed by atoms with E-state index in [1.165, 1.54) is 10.4 Å². The Kier molecular flexibility index (Phi) is 4.85. The van der Waals surface area contributed by atoms with Crippen LogP contribution in [0.2, 0.25) is 0 Å². The minimum atomic E-state index is -0.208. The van der Waals surface area contributed by atoms with E-state index >= 15 is 0 Å². The molecule has 0 fully saturated rings. The number of nitrogens with two attached hydrogens (primary N) is 1. The van der Waals surface area contributed by atoms with Crippen molar-refractivity contribution in [2.24, 2.45) is 0 Å². The third-order valence-corrected chi connectivity index (χ3v) is 4.38.